The molecule has 16 heavy (non-hydrogen) atoms. The lowest BCUT2D eigenvalue weighted by Crippen LogP contribution is -2.12. The van der Waals surface area contributed by atoms with Crippen LogP contribution in [0, 0.1) is 19.8 Å². The van der Waals surface area contributed by atoms with Crippen molar-refractivity contribution in [2.75, 3.05) is 11.9 Å². The van der Waals surface area contributed by atoms with Gasteiger partial charge < -0.3 is 5.32 Å². The van der Waals surface area contributed by atoms with Gasteiger partial charge in [-0.3, -0.25) is 4.68 Å². The number of aromatic nitrogens is 2. The maximum absolute atomic E-state index is 4.51. The highest BCUT2D eigenvalue weighted by Gasteiger charge is 2.10. The Morgan fingerprint density at radius 1 is 1.31 bits per heavy atom. The number of nitrogens with one attached hydrogen (secondary N) is 1. The molecule has 0 aromatic carbocycles. The molecule has 0 saturated heterocycles. The average Bonchev–Trinajstić information content (AvgIpc) is 2.52. The van der Waals surface area contributed by atoms with E-state index < -0.39 is 0 Å². The Bertz CT molecular complexity index is 328. The number of rotatable bonds is 6. The highest BCUT2D eigenvalue weighted by molar-refractivity contribution is 5.52. The molecule has 3 heteroatoms. The Morgan fingerprint density at radius 3 is 2.50 bits per heavy atom. The van der Waals surface area contributed by atoms with E-state index in [1.807, 2.05) is 0 Å². The summed E-state index contributed by atoms with van der Waals surface area (Å²) in [5, 5.41) is 8.04. The third-order valence-electron chi connectivity index (χ3n) is 3.09. The van der Waals surface area contributed by atoms with Gasteiger partial charge in [-0.15, -0.1) is 0 Å². The van der Waals surface area contributed by atoms with Crippen LogP contribution in [0.3, 0.4) is 0 Å². The molecule has 1 atom stereocenters. The Morgan fingerprint density at radius 2 is 2.00 bits per heavy atom. The van der Waals surface area contributed by atoms with Crippen molar-refractivity contribution in [2.24, 2.45) is 5.92 Å². The molecule has 0 bridgehead atoms. The second-order valence-corrected chi connectivity index (χ2v) is 4.64. The minimum Gasteiger partial charge on any atom is -0.382 e. The molecule has 0 saturated carbocycles. The summed E-state index contributed by atoms with van der Waals surface area (Å²) in [5.74, 6) is 0.730. The number of hydrogen-bond acceptors (Lipinski definition) is 2. The second kappa shape index (κ2) is 5.92. The fraction of sp³-hybridized carbons (Fsp3) is 0.769. The number of hydrogen-bond donors (Lipinski definition) is 1. The van der Waals surface area contributed by atoms with E-state index >= 15 is 0 Å². The van der Waals surface area contributed by atoms with E-state index in [1.54, 1.807) is 0 Å². The van der Waals surface area contributed by atoms with Gasteiger partial charge in [0.25, 0.3) is 0 Å². The monoisotopic (exact) mass is 223 g/mol. The van der Waals surface area contributed by atoms with Gasteiger partial charge in [0.1, 0.15) is 0 Å². The lowest BCUT2D eigenvalue weighted by atomic mass is 10.1. The first-order chi connectivity index (χ1) is 7.60. The van der Waals surface area contributed by atoms with Crippen LogP contribution in [0.15, 0.2) is 0 Å². The Kier molecular flexibility index (Phi) is 4.84. The highest BCUT2D eigenvalue weighted by atomic mass is 15.3. The van der Waals surface area contributed by atoms with Crippen LogP contribution in [0.4, 0.5) is 5.69 Å². The van der Waals surface area contributed by atoms with Crippen LogP contribution in [-0.4, -0.2) is 16.3 Å². The third kappa shape index (κ3) is 3.00. The van der Waals surface area contributed by atoms with E-state index in [4.69, 9.17) is 0 Å². The maximum atomic E-state index is 4.51. The Labute approximate surface area is 99.2 Å². The fourth-order valence-electron chi connectivity index (χ4n) is 2.13. The molecule has 0 radical (unpaired) electrons. The standard InChI is InChI=1S/C13H25N3/c1-6-8-10(3)9-14-13-11(4)15-16(7-2)12(13)5/h10,14H,6-9H2,1-5H3. The maximum Gasteiger partial charge on any atom is 0.0827 e. The molecule has 1 aromatic rings. The van der Waals surface area contributed by atoms with Gasteiger partial charge in [0.05, 0.1) is 17.1 Å². The molecule has 1 aromatic heterocycles. The number of aryl methyl sites for hydroxylation is 2. The molecule has 3 nitrogen and oxygen atoms in total. The summed E-state index contributed by atoms with van der Waals surface area (Å²) in [6.07, 6.45) is 2.54. The lowest BCUT2D eigenvalue weighted by molar-refractivity contribution is 0.550. The summed E-state index contributed by atoms with van der Waals surface area (Å²) in [6, 6.07) is 0. The highest BCUT2D eigenvalue weighted by Crippen LogP contribution is 2.20. The SMILES string of the molecule is CCCC(C)CNc1c(C)nn(CC)c1C. The normalized spacial score (nSPS) is 12.8. The second-order valence-electron chi connectivity index (χ2n) is 4.64. The van der Waals surface area contributed by atoms with Gasteiger partial charge in [-0.05, 0) is 33.1 Å². The first-order valence-corrected chi connectivity index (χ1v) is 6.38. The minimum absolute atomic E-state index is 0.730. The summed E-state index contributed by atoms with van der Waals surface area (Å²) in [5.41, 5.74) is 3.59. The number of anilines is 1. The van der Waals surface area contributed by atoms with E-state index in [2.05, 4.69) is 49.7 Å². The van der Waals surface area contributed by atoms with Crippen molar-refractivity contribution in [2.45, 2.75) is 54.0 Å². The van der Waals surface area contributed by atoms with E-state index in [9.17, 15) is 0 Å². The molecule has 1 N–H and O–H groups in total. The van der Waals surface area contributed by atoms with E-state index in [0.29, 0.717) is 0 Å². The third-order valence-corrected chi connectivity index (χ3v) is 3.09. The average molecular weight is 223 g/mol. The summed E-state index contributed by atoms with van der Waals surface area (Å²) >= 11 is 0. The molecule has 0 amide bonds. The number of nitrogens with zero attached hydrogens (tertiary/aromatic N) is 2. The van der Waals surface area contributed by atoms with Crippen LogP contribution < -0.4 is 5.32 Å². The van der Waals surface area contributed by atoms with Crippen LogP contribution in [0.5, 0.6) is 0 Å². The van der Waals surface area contributed by atoms with Gasteiger partial charge in [0.2, 0.25) is 0 Å². The largest absolute Gasteiger partial charge is 0.382 e. The summed E-state index contributed by atoms with van der Waals surface area (Å²) < 4.78 is 2.06. The molecule has 1 unspecified atom stereocenters. The topological polar surface area (TPSA) is 29.9 Å². The molecule has 0 aliphatic rings. The summed E-state index contributed by atoms with van der Waals surface area (Å²) in [7, 11) is 0. The van der Waals surface area contributed by atoms with Crippen LogP contribution in [0.2, 0.25) is 0 Å². The molecule has 0 aliphatic heterocycles. The fourth-order valence-corrected chi connectivity index (χ4v) is 2.13. The molecule has 0 spiro atoms. The van der Waals surface area contributed by atoms with Gasteiger partial charge in [0, 0.05) is 13.1 Å². The Hall–Kier alpha value is -0.990. The van der Waals surface area contributed by atoms with Crippen LogP contribution >= 0.6 is 0 Å². The molecule has 1 heterocycles. The molecular weight excluding hydrogens is 198 g/mol. The van der Waals surface area contributed by atoms with Crippen molar-refractivity contribution in [3.63, 3.8) is 0 Å². The van der Waals surface area contributed by atoms with Gasteiger partial charge >= 0.3 is 0 Å². The molecule has 1 rings (SSSR count). The first-order valence-electron chi connectivity index (χ1n) is 6.38. The lowest BCUT2D eigenvalue weighted by Gasteiger charge is -2.12. The van der Waals surface area contributed by atoms with Gasteiger partial charge in [0.15, 0.2) is 0 Å². The summed E-state index contributed by atoms with van der Waals surface area (Å²) in [4.78, 5) is 0. The van der Waals surface area contributed by atoms with Gasteiger partial charge in [-0.1, -0.05) is 20.3 Å². The van der Waals surface area contributed by atoms with Crippen molar-refractivity contribution >= 4 is 5.69 Å². The van der Waals surface area contributed by atoms with Crippen molar-refractivity contribution in [3.05, 3.63) is 11.4 Å². The predicted octanol–water partition coefficient (Wildman–Crippen LogP) is 3.37. The van der Waals surface area contributed by atoms with Crippen molar-refractivity contribution < 1.29 is 0 Å². The zero-order chi connectivity index (χ0) is 12.1. The van der Waals surface area contributed by atoms with Gasteiger partial charge in [-0.2, -0.15) is 5.10 Å². The van der Waals surface area contributed by atoms with Crippen molar-refractivity contribution in [1.82, 2.24) is 9.78 Å². The molecule has 0 aliphatic carbocycles. The molecule has 0 fully saturated rings. The van der Waals surface area contributed by atoms with Gasteiger partial charge in [-0.25, -0.2) is 0 Å². The van der Waals surface area contributed by atoms with Crippen LogP contribution in [-0.2, 0) is 6.54 Å². The zero-order valence-electron chi connectivity index (χ0n) is 11.3. The van der Waals surface area contributed by atoms with E-state index in [-0.39, 0.29) is 0 Å². The smallest absolute Gasteiger partial charge is 0.0827 e. The molecule has 92 valence electrons. The van der Waals surface area contributed by atoms with Crippen molar-refractivity contribution in [1.29, 1.82) is 0 Å². The molecular formula is C13H25N3. The Balaban J connectivity index is 2.63. The zero-order valence-corrected chi connectivity index (χ0v) is 11.3. The van der Waals surface area contributed by atoms with E-state index in [0.717, 1.165) is 24.7 Å². The summed E-state index contributed by atoms with van der Waals surface area (Å²) in [6.45, 7) is 12.9. The predicted molar refractivity (Wildman–Crippen MR) is 69.9 cm³/mol. The van der Waals surface area contributed by atoms with E-state index in [1.165, 1.54) is 24.2 Å². The minimum atomic E-state index is 0.730. The van der Waals surface area contributed by atoms with Crippen LogP contribution in [0.25, 0.3) is 0 Å². The van der Waals surface area contributed by atoms with Crippen molar-refractivity contribution in [3.8, 4) is 0 Å². The quantitative estimate of drug-likeness (QED) is 0.801. The first kappa shape index (κ1) is 13.1. The van der Waals surface area contributed by atoms with Crippen LogP contribution in [0.1, 0.15) is 45.0 Å².